The van der Waals surface area contributed by atoms with E-state index in [0.29, 0.717) is 4.83 Å². The van der Waals surface area contributed by atoms with Gasteiger partial charge in [0.05, 0.1) is 0 Å². The van der Waals surface area contributed by atoms with Crippen LogP contribution in [0.3, 0.4) is 0 Å². The van der Waals surface area contributed by atoms with E-state index >= 15 is 0 Å². The molecule has 0 aromatic rings. The van der Waals surface area contributed by atoms with Crippen molar-refractivity contribution in [3.63, 3.8) is 0 Å². The van der Waals surface area contributed by atoms with Crippen molar-refractivity contribution in [3.8, 4) is 0 Å². The van der Waals surface area contributed by atoms with Crippen LogP contribution in [-0.4, -0.2) is 4.83 Å². The van der Waals surface area contributed by atoms with Crippen LogP contribution in [0.5, 0.6) is 0 Å². The normalized spacial score (nSPS) is 14.2. The molecular formula is C7H11Br. The Morgan fingerprint density at radius 2 is 2.38 bits per heavy atom. The van der Waals surface area contributed by atoms with Gasteiger partial charge in [-0.3, -0.25) is 0 Å². The van der Waals surface area contributed by atoms with Gasteiger partial charge in [0.2, 0.25) is 0 Å². The minimum absolute atomic E-state index is 0.488. The third-order valence-corrected chi connectivity index (χ3v) is 1.01. The summed E-state index contributed by atoms with van der Waals surface area (Å²) < 4.78 is 0. The standard InChI is InChI=1S/C7H11Br/c1-3-4-5-6-7(2)8/h3,5-7H,1,4H2,2H3. The van der Waals surface area contributed by atoms with Gasteiger partial charge in [-0.1, -0.05) is 34.2 Å². The summed E-state index contributed by atoms with van der Waals surface area (Å²) in [7, 11) is 0. The maximum Gasteiger partial charge on any atom is 0.0297 e. The predicted octanol–water partition coefficient (Wildman–Crippen LogP) is 2.90. The van der Waals surface area contributed by atoms with Gasteiger partial charge in [-0.05, 0) is 13.3 Å². The highest BCUT2D eigenvalue weighted by Gasteiger charge is 1.81. The third kappa shape index (κ3) is 5.96. The predicted molar refractivity (Wildman–Crippen MR) is 42.3 cm³/mol. The number of hydrogen-bond acceptors (Lipinski definition) is 0. The van der Waals surface area contributed by atoms with Gasteiger partial charge in [0.25, 0.3) is 0 Å². The van der Waals surface area contributed by atoms with Crippen LogP contribution in [0.2, 0.25) is 0 Å². The second kappa shape index (κ2) is 5.10. The first-order chi connectivity index (χ1) is 3.77. The van der Waals surface area contributed by atoms with Crippen molar-refractivity contribution < 1.29 is 0 Å². The van der Waals surface area contributed by atoms with Crippen LogP contribution in [0.15, 0.2) is 24.8 Å². The molecule has 0 aliphatic heterocycles. The van der Waals surface area contributed by atoms with E-state index < -0.39 is 0 Å². The average Bonchev–Trinajstić information content (AvgIpc) is 1.66. The molecule has 1 unspecified atom stereocenters. The number of rotatable bonds is 3. The highest BCUT2D eigenvalue weighted by atomic mass is 79.9. The maximum absolute atomic E-state index is 3.59. The molecule has 0 heterocycles. The van der Waals surface area contributed by atoms with Crippen LogP contribution in [0.4, 0.5) is 0 Å². The van der Waals surface area contributed by atoms with E-state index in [0.717, 1.165) is 6.42 Å². The molecular weight excluding hydrogens is 164 g/mol. The van der Waals surface area contributed by atoms with Gasteiger partial charge in [0.15, 0.2) is 0 Å². The van der Waals surface area contributed by atoms with E-state index in [1.807, 2.05) is 6.08 Å². The molecule has 8 heavy (non-hydrogen) atoms. The largest absolute Gasteiger partial charge is 0.103 e. The highest BCUT2D eigenvalue weighted by molar-refractivity contribution is 9.09. The fourth-order valence-electron chi connectivity index (χ4n) is 0.362. The van der Waals surface area contributed by atoms with Crippen molar-refractivity contribution in [1.82, 2.24) is 0 Å². The SMILES string of the molecule is C=CCC=CC(C)Br. The van der Waals surface area contributed by atoms with Crippen LogP contribution in [-0.2, 0) is 0 Å². The van der Waals surface area contributed by atoms with E-state index in [2.05, 4.69) is 41.6 Å². The molecule has 0 aromatic heterocycles. The lowest BCUT2D eigenvalue weighted by Crippen LogP contribution is -1.77. The molecule has 0 fully saturated rings. The minimum atomic E-state index is 0.488. The lowest BCUT2D eigenvalue weighted by molar-refractivity contribution is 1.24. The van der Waals surface area contributed by atoms with Gasteiger partial charge in [0.1, 0.15) is 0 Å². The van der Waals surface area contributed by atoms with Crippen molar-refractivity contribution >= 4 is 15.9 Å². The molecule has 0 saturated carbocycles. The molecule has 0 N–H and O–H groups in total. The molecule has 0 bridgehead atoms. The summed E-state index contributed by atoms with van der Waals surface area (Å²) >= 11 is 3.38. The zero-order valence-electron chi connectivity index (χ0n) is 5.10. The number of alkyl halides is 1. The van der Waals surface area contributed by atoms with Crippen molar-refractivity contribution in [2.24, 2.45) is 0 Å². The van der Waals surface area contributed by atoms with Crippen LogP contribution in [0.1, 0.15) is 13.3 Å². The average molecular weight is 175 g/mol. The van der Waals surface area contributed by atoms with Gasteiger partial charge in [0, 0.05) is 4.83 Å². The number of hydrogen-bond donors (Lipinski definition) is 0. The van der Waals surface area contributed by atoms with Crippen molar-refractivity contribution in [2.45, 2.75) is 18.2 Å². The van der Waals surface area contributed by atoms with E-state index in [9.17, 15) is 0 Å². The Labute approximate surface area is 59.4 Å². The Kier molecular flexibility index (Phi) is 5.08. The van der Waals surface area contributed by atoms with Crippen molar-refractivity contribution in [2.75, 3.05) is 0 Å². The summed E-state index contributed by atoms with van der Waals surface area (Å²) in [5.74, 6) is 0. The van der Waals surface area contributed by atoms with Gasteiger partial charge in [-0.2, -0.15) is 0 Å². The van der Waals surface area contributed by atoms with E-state index in [4.69, 9.17) is 0 Å². The molecule has 0 spiro atoms. The van der Waals surface area contributed by atoms with Crippen LogP contribution >= 0.6 is 15.9 Å². The summed E-state index contributed by atoms with van der Waals surface area (Å²) in [6.07, 6.45) is 7.04. The third-order valence-electron chi connectivity index (χ3n) is 0.704. The quantitative estimate of drug-likeness (QED) is 0.457. The topological polar surface area (TPSA) is 0 Å². The van der Waals surface area contributed by atoms with Gasteiger partial charge < -0.3 is 0 Å². The first-order valence-electron chi connectivity index (χ1n) is 2.69. The fourth-order valence-corrected chi connectivity index (χ4v) is 0.578. The Morgan fingerprint density at radius 3 is 2.75 bits per heavy atom. The van der Waals surface area contributed by atoms with Gasteiger partial charge >= 0.3 is 0 Å². The van der Waals surface area contributed by atoms with Gasteiger partial charge in [-0.15, -0.1) is 6.58 Å². The lowest BCUT2D eigenvalue weighted by Gasteiger charge is -1.87. The second-order valence-electron chi connectivity index (χ2n) is 1.63. The Balaban J connectivity index is 3.19. The zero-order chi connectivity index (χ0) is 6.41. The lowest BCUT2D eigenvalue weighted by atomic mass is 10.3. The van der Waals surface area contributed by atoms with Crippen LogP contribution in [0.25, 0.3) is 0 Å². The van der Waals surface area contributed by atoms with Crippen molar-refractivity contribution in [3.05, 3.63) is 24.8 Å². The zero-order valence-corrected chi connectivity index (χ0v) is 6.69. The molecule has 0 aliphatic rings. The van der Waals surface area contributed by atoms with E-state index in [-0.39, 0.29) is 0 Å². The Hall–Kier alpha value is -0.0400. The molecule has 0 nitrogen and oxygen atoms in total. The molecule has 1 heteroatoms. The maximum atomic E-state index is 3.59. The van der Waals surface area contributed by atoms with E-state index in [1.165, 1.54) is 0 Å². The monoisotopic (exact) mass is 174 g/mol. The number of allylic oxidation sites excluding steroid dienone is 3. The first-order valence-corrected chi connectivity index (χ1v) is 3.60. The van der Waals surface area contributed by atoms with Crippen LogP contribution in [0, 0.1) is 0 Å². The molecule has 0 aromatic carbocycles. The molecule has 46 valence electrons. The van der Waals surface area contributed by atoms with Gasteiger partial charge in [-0.25, -0.2) is 0 Å². The first kappa shape index (κ1) is 7.96. The summed E-state index contributed by atoms with van der Waals surface area (Å²) in [5.41, 5.74) is 0. The summed E-state index contributed by atoms with van der Waals surface area (Å²) in [5, 5.41) is 0. The highest BCUT2D eigenvalue weighted by Crippen LogP contribution is 1.98. The second-order valence-corrected chi connectivity index (χ2v) is 3.07. The summed E-state index contributed by atoms with van der Waals surface area (Å²) in [6, 6.07) is 0. The summed E-state index contributed by atoms with van der Waals surface area (Å²) in [6.45, 7) is 5.67. The summed E-state index contributed by atoms with van der Waals surface area (Å²) in [4.78, 5) is 0.488. The number of halogens is 1. The Bertz CT molecular complexity index is 82.4. The molecule has 1 atom stereocenters. The molecule has 0 saturated heterocycles. The van der Waals surface area contributed by atoms with Crippen LogP contribution < -0.4 is 0 Å². The fraction of sp³-hybridized carbons (Fsp3) is 0.429. The molecule has 0 aliphatic carbocycles. The Morgan fingerprint density at radius 1 is 1.75 bits per heavy atom. The molecule has 0 amide bonds. The van der Waals surface area contributed by atoms with Crippen molar-refractivity contribution in [1.29, 1.82) is 0 Å². The minimum Gasteiger partial charge on any atom is -0.103 e. The molecule has 0 rings (SSSR count). The molecule has 0 radical (unpaired) electrons. The smallest absolute Gasteiger partial charge is 0.0297 e. The van der Waals surface area contributed by atoms with E-state index in [1.54, 1.807) is 0 Å².